The van der Waals surface area contributed by atoms with Crippen molar-refractivity contribution in [3.05, 3.63) is 28.8 Å². The van der Waals surface area contributed by atoms with Crippen molar-refractivity contribution in [2.24, 2.45) is 10.7 Å². The third-order valence-corrected chi connectivity index (χ3v) is 2.19. The molecule has 1 aliphatic rings. The van der Waals surface area contributed by atoms with Crippen LogP contribution in [0, 0.1) is 0 Å². The summed E-state index contributed by atoms with van der Waals surface area (Å²) in [7, 11) is 0. The van der Waals surface area contributed by atoms with E-state index >= 15 is 0 Å². The molecule has 2 N–H and O–H groups in total. The summed E-state index contributed by atoms with van der Waals surface area (Å²) in [5.41, 5.74) is 7.76. The summed E-state index contributed by atoms with van der Waals surface area (Å²) in [6.07, 6.45) is 1.79. The Bertz CT molecular complexity index is 344. The highest BCUT2D eigenvalue weighted by molar-refractivity contribution is 6.30. The third kappa shape index (κ3) is 1.30. The molecule has 12 heavy (non-hydrogen) atoms. The molecule has 0 aromatic heterocycles. The van der Waals surface area contributed by atoms with Crippen molar-refractivity contribution >= 4 is 23.1 Å². The molecule has 0 saturated carbocycles. The van der Waals surface area contributed by atoms with Crippen molar-refractivity contribution < 1.29 is 0 Å². The maximum Gasteiger partial charge on any atom is 0.0999 e. The summed E-state index contributed by atoms with van der Waals surface area (Å²) >= 11 is 5.83. The maximum absolute atomic E-state index is 5.83. The number of halogens is 1. The quantitative estimate of drug-likeness (QED) is 0.654. The van der Waals surface area contributed by atoms with Crippen molar-refractivity contribution in [2.75, 3.05) is 0 Å². The molecule has 0 bridgehead atoms. The average Bonchev–Trinajstić information content (AvgIpc) is 2.05. The fraction of sp³-hybridized carbons (Fsp3) is 0.222. The molecule has 2 nitrogen and oxygen atoms in total. The van der Waals surface area contributed by atoms with Crippen LogP contribution in [-0.4, -0.2) is 5.84 Å². The Morgan fingerprint density at radius 3 is 3.00 bits per heavy atom. The molecule has 0 amide bonds. The summed E-state index contributed by atoms with van der Waals surface area (Å²) in [4.78, 5) is 4.22. The average molecular weight is 181 g/mol. The fourth-order valence-electron chi connectivity index (χ4n) is 1.34. The lowest BCUT2D eigenvalue weighted by atomic mass is 10.0. The first-order valence-corrected chi connectivity index (χ1v) is 4.25. The smallest absolute Gasteiger partial charge is 0.0999 e. The van der Waals surface area contributed by atoms with Crippen LogP contribution in [0.3, 0.4) is 0 Å². The van der Waals surface area contributed by atoms with E-state index in [1.807, 2.05) is 18.2 Å². The Morgan fingerprint density at radius 2 is 2.17 bits per heavy atom. The standard InChI is InChI=1S/C9H9ClN2/c10-7-2-3-8-6(5-7)1-4-9(11)12-8/h2-3,5H,1,4H2,(H2,11,12). The maximum atomic E-state index is 5.83. The summed E-state index contributed by atoms with van der Waals surface area (Å²) in [5, 5.41) is 0.768. The highest BCUT2D eigenvalue weighted by atomic mass is 35.5. The Hall–Kier alpha value is -1.02. The second kappa shape index (κ2) is 2.79. The number of hydrogen-bond donors (Lipinski definition) is 1. The van der Waals surface area contributed by atoms with E-state index < -0.39 is 0 Å². The van der Waals surface area contributed by atoms with Crippen LogP contribution in [0.25, 0.3) is 0 Å². The molecule has 0 atom stereocenters. The van der Waals surface area contributed by atoms with Crippen LogP contribution in [0.5, 0.6) is 0 Å². The Balaban J connectivity index is 2.51. The number of fused-ring (bicyclic) bond motifs is 1. The summed E-state index contributed by atoms with van der Waals surface area (Å²) in [5.74, 6) is 0.713. The van der Waals surface area contributed by atoms with Gasteiger partial charge in [-0.1, -0.05) is 11.6 Å². The van der Waals surface area contributed by atoms with E-state index in [2.05, 4.69) is 4.99 Å². The Kier molecular flexibility index (Phi) is 1.77. The van der Waals surface area contributed by atoms with Crippen molar-refractivity contribution in [1.82, 2.24) is 0 Å². The monoisotopic (exact) mass is 180 g/mol. The first-order chi connectivity index (χ1) is 5.75. The molecule has 0 fully saturated rings. The van der Waals surface area contributed by atoms with E-state index in [0.717, 1.165) is 23.6 Å². The van der Waals surface area contributed by atoms with E-state index in [9.17, 15) is 0 Å². The highest BCUT2D eigenvalue weighted by Crippen LogP contribution is 2.27. The highest BCUT2D eigenvalue weighted by Gasteiger charge is 2.09. The Morgan fingerprint density at radius 1 is 1.33 bits per heavy atom. The number of nitrogens with zero attached hydrogens (tertiary/aromatic N) is 1. The van der Waals surface area contributed by atoms with Crippen molar-refractivity contribution in [1.29, 1.82) is 0 Å². The predicted molar refractivity (Wildman–Crippen MR) is 51.1 cm³/mol. The lowest BCUT2D eigenvalue weighted by Crippen LogP contribution is -2.15. The van der Waals surface area contributed by atoms with Crippen molar-refractivity contribution in [2.45, 2.75) is 12.8 Å². The number of hydrogen-bond acceptors (Lipinski definition) is 2. The fourth-order valence-corrected chi connectivity index (χ4v) is 1.53. The lowest BCUT2D eigenvalue weighted by Gasteiger charge is -2.12. The van der Waals surface area contributed by atoms with Crippen LogP contribution in [0.1, 0.15) is 12.0 Å². The predicted octanol–water partition coefficient (Wildman–Crippen LogP) is 2.27. The molecule has 1 aromatic carbocycles. The van der Waals surface area contributed by atoms with Gasteiger partial charge in [0.25, 0.3) is 0 Å². The molecule has 0 radical (unpaired) electrons. The topological polar surface area (TPSA) is 38.4 Å². The number of nitrogens with two attached hydrogens (primary N) is 1. The van der Waals surface area contributed by atoms with Gasteiger partial charge >= 0.3 is 0 Å². The van der Waals surface area contributed by atoms with Gasteiger partial charge in [0.1, 0.15) is 0 Å². The lowest BCUT2D eigenvalue weighted by molar-refractivity contribution is 0.996. The van der Waals surface area contributed by atoms with E-state index in [1.54, 1.807) is 0 Å². The molecule has 0 spiro atoms. The first kappa shape index (κ1) is 7.62. The summed E-state index contributed by atoms with van der Waals surface area (Å²) in [6, 6.07) is 5.69. The first-order valence-electron chi connectivity index (χ1n) is 3.87. The zero-order valence-corrected chi connectivity index (χ0v) is 7.30. The minimum Gasteiger partial charge on any atom is -0.387 e. The third-order valence-electron chi connectivity index (χ3n) is 1.96. The number of rotatable bonds is 0. The molecule has 1 aromatic rings. The van der Waals surface area contributed by atoms with Gasteiger partial charge in [0, 0.05) is 11.4 Å². The van der Waals surface area contributed by atoms with E-state index in [0.29, 0.717) is 5.84 Å². The molecule has 0 aliphatic carbocycles. The summed E-state index contributed by atoms with van der Waals surface area (Å²) < 4.78 is 0. The van der Waals surface area contributed by atoms with Gasteiger partial charge in [-0.25, -0.2) is 4.99 Å². The molecular weight excluding hydrogens is 172 g/mol. The van der Waals surface area contributed by atoms with Gasteiger partial charge in [-0.3, -0.25) is 0 Å². The van der Waals surface area contributed by atoms with Crippen LogP contribution in [0.2, 0.25) is 5.02 Å². The number of aryl methyl sites for hydroxylation is 1. The van der Waals surface area contributed by atoms with E-state index in [1.165, 1.54) is 5.56 Å². The van der Waals surface area contributed by atoms with Gasteiger partial charge in [-0.2, -0.15) is 0 Å². The minimum absolute atomic E-state index is 0.713. The van der Waals surface area contributed by atoms with Gasteiger partial charge in [0.15, 0.2) is 0 Å². The van der Waals surface area contributed by atoms with Crippen LogP contribution in [-0.2, 0) is 6.42 Å². The van der Waals surface area contributed by atoms with E-state index in [-0.39, 0.29) is 0 Å². The molecule has 1 aliphatic heterocycles. The molecular formula is C9H9ClN2. The molecule has 0 unspecified atom stereocenters. The minimum atomic E-state index is 0.713. The van der Waals surface area contributed by atoms with Gasteiger partial charge < -0.3 is 5.73 Å². The van der Waals surface area contributed by atoms with Crippen LogP contribution >= 0.6 is 11.6 Å². The molecule has 1 heterocycles. The zero-order chi connectivity index (χ0) is 8.55. The normalized spacial score (nSPS) is 15.2. The molecule has 62 valence electrons. The number of amidine groups is 1. The van der Waals surface area contributed by atoms with Gasteiger partial charge in [0.2, 0.25) is 0 Å². The second-order valence-corrected chi connectivity index (χ2v) is 3.31. The summed E-state index contributed by atoms with van der Waals surface area (Å²) in [6.45, 7) is 0. The largest absolute Gasteiger partial charge is 0.387 e. The zero-order valence-electron chi connectivity index (χ0n) is 6.55. The van der Waals surface area contributed by atoms with Crippen LogP contribution in [0.4, 0.5) is 5.69 Å². The van der Waals surface area contributed by atoms with Gasteiger partial charge in [-0.15, -0.1) is 0 Å². The van der Waals surface area contributed by atoms with E-state index in [4.69, 9.17) is 17.3 Å². The molecule has 0 saturated heterocycles. The second-order valence-electron chi connectivity index (χ2n) is 2.88. The SMILES string of the molecule is NC1=Nc2ccc(Cl)cc2CC1. The van der Waals surface area contributed by atoms with Crippen molar-refractivity contribution in [3.63, 3.8) is 0 Å². The van der Waals surface area contributed by atoms with Crippen LogP contribution < -0.4 is 5.73 Å². The van der Waals surface area contributed by atoms with Gasteiger partial charge in [0.05, 0.1) is 11.5 Å². The number of benzene rings is 1. The van der Waals surface area contributed by atoms with Crippen LogP contribution in [0.15, 0.2) is 23.2 Å². The van der Waals surface area contributed by atoms with Gasteiger partial charge in [-0.05, 0) is 30.2 Å². The molecule has 3 heteroatoms. The Labute approximate surface area is 76.1 Å². The van der Waals surface area contributed by atoms with Crippen molar-refractivity contribution in [3.8, 4) is 0 Å². The number of aliphatic imine (C=N–C) groups is 1. The molecule has 2 rings (SSSR count).